The van der Waals surface area contributed by atoms with Gasteiger partial charge >= 0.3 is 5.97 Å². The third kappa shape index (κ3) is 3.59. The van der Waals surface area contributed by atoms with Crippen molar-refractivity contribution in [1.82, 2.24) is 25.1 Å². The molecule has 4 fully saturated rings. The van der Waals surface area contributed by atoms with E-state index >= 15 is 4.39 Å². The Balaban J connectivity index is 1.42. The van der Waals surface area contributed by atoms with Gasteiger partial charge in [0.05, 0.1) is 29.8 Å². The van der Waals surface area contributed by atoms with Crippen LogP contribution in [0.25, 0.3) is 22.6 Å². The molecule has 2 N–H and O–H groups in total. The molecule has 4 saturated carbocycles. The number of halogens is 2. The van der Waals surface area contributed by atoms with E-state index in [2.05, 4.69) is 30.5 Å². The van der Waals surface area contributed by atoms with Crippen LogP contribution in [0.15, 0.2) is 12.3 Å². The Morgan fingerprint density at radius 2 is 1.91 bits per heavy atom. The highest BCUT2D eigenvalue weighted by Gasteiger charge is 2.48. The maximum atomic E-state index is 15.6. The van der Waals surface area contributed by atoms with E-state index < -0.39 is 11.6 Å². The lowest BCUT2D eigenvalue weighted by atomic mass is 9.61. The Morgan fingerprint density at radius 3 is 2.65 bits per heavy atom. The van der Waals surface area contributed by atoms with Gasteiger partial charge in [0, 0.05) is 12.0 Å². The number of anilines is 1. The number of carbonyl (C=O) groups excluding carboxylic acids is 1. The zero-order chi connectivity index (χ0) is 23.4. The minimum Gasteiger partial charge on any atom is -0.466 e. The van der Waals surface area contributed by atoms with E-state index in [1.807, 2.05) is 0 Å². The summed E-state index contributed by atoms with van der Waals surface area (Å²) in [4.78, 5) is 25.8. The van der Waals surface area contributed by atoms with Gasteiger partial charge in [-0.3, -0.25) is 9.89 Å². The van der Waals surface area contributed by atoms with E-state index in [-0.39, 0.29) is 47.3 Å². The first-order valence-electron chi connectivity index (χ1n) is 12.0. The van der Waals surface area contributed by atoms with E-state index in [0.717, 1.165) is 44.7 Å². The normalized spacial score (nSPS) is 26.1. The van der Waals surface area contributed by atoms with Crippen molar-refractivity contribution in [3.63, 3.8) is 0 Å². The number of nitrogens with zero attached hydrogens (tertiary/aromatic N) is 4. The second-order valence-corrected chi connectivity index (χ2v) is 9.62. The molecule has 4 aliphatic carbocycles. The fraction of sp³-hybridized carbons (Fsp3) is 0.542. The lowest BCUT2D eigenvalue weighted by Gasteiger charge is -2.47. The Hall–Kier alpha value is -3.17. The number of aromatic nitrogens is 5. The maximum Gasteiger partial charge on any atom is 0.311 e. The summed E-state index contributed by atoms with van der Waals surface area (Å²) < 4.78 is 34.9. The van der Waals surface area contributed by atoms with Crippen LogP contribution in [-0.2, 0) is 9.53 Å². The molecule has 4 aliphatic rings. The van der Waals surface area contributed by atoms with E-state index in [4.69, 9.17) is 4.74 Å². The summed E-state index contributed by atoms with van der Waals surface area (Å²) in [5, 5.41) is 10.7. The van der Waals surface area contributed by atoms with Crippen LogP contribution in [0.4, 0.5) is 14.6 Å². The van der Waals surface area contributed by atoms with Gasteiger partial charge in [0.1, 0.15) is 11.5 Å². The van der Waals surface area contributed by atoms with Crippen LogP contribution >= 0.6 is 0 Å². The highest BCUT2D eigenvalue weighted by atomic mass is 19.1. The zero-order valence-corrected chi connectivity index (χ0v) is 18.9. The van der Waals surface area contributed by atoms with Crippen LogP contribution < -0.4 is 5.32 Å². The number of pyridine rings is 1. The molecule has 8 nitrogen and oxygen atoms in total. The fourth-order valence-corrected chi connectivity index (χ4v) is 5.74. The Bertz CT molecular complexity index is 1250. The molecule has 0 saturated heterocycles. The molecule has 3 heterocycles. The van der Waals surface area contributed by atoms with Crippen molar-refractivity contribution < 1.29 is 18.3 Å². The molecule has 3 aromatic rings. The van der Waals surface area contributed by atoms with Gasteiger partial charge in [0.2, 0.25) is 0 Å². The summed E-state index contributed by atoms with van der Waals surface area (Å²) in [6.45, 7) is 2.11. The van der Waals surface area contributed by atoms with Gasteiger partial charge in [-0.2, -0.15) is 5.10 Å². The van der Waals surface area contributed by atoms with Gasteiger partial charge in [-0.25, -0.2) is 23.7 Å². The first-order valence-corrected chi connectivity index (χ1v) is 12.0. The van der Waals surface area contributed by atoms with Gasteiger partial charge in [-0.1, -0.05) is 0 Å². The lowest BCUT2D eigenvalue weighted by Crippen LogP contribution is -2.52. The van der Waals surface area contributed by atoms with E-state index in [1.54, 1.807) is 6.92 Å². The third-order valence-corrected chi connectivity index (χ3v) is 7.52. The van der Waals surface area contributed by atoms with Crippen LogP contribution in [0.2, 0.25) is 0 Å². The number of aromatic amines is 1. The van der Waals surface area contributed by atoms with Crippen molar-refractivity contribution in [3.05, 3.63) is 29.6 Å². The number of rotatable bonds is 6. The quantitative estimate of drug-likeness (QED) is 0.518. The minimum atomic E-state index is -0.506. The molecule has 2 bridgehead atoms. The summed E-state index contributed by atoms with van der Waals surface area (Å²) in [5.74, 6) is -0.756. The van der Waals surface area contributed by atoms with Crippen LogP contribution in [0.3, 0.4) is 0 Å². The molecule has 0 unspecified atom stereocenters. The number of esters is 1. The maximum absolute atomic E-state index is 15.6. The SMILES string of the molecule is CCOC(=O)[C@H]1C2CCC(CC2)[C@@H]1Nc1nc(-c2[nH]nc3ncc(F)cc23)nc(C2CC2)c1F. The summed E-state index contributed by atoms with van der Waals surface area (Å²) in [6, 6.07) is 1.06. The van der Waals surface area contributed by atoms with Gasteiger partial charge < -0.3 is 10.1 Å². The van der Waals surface area contributed by atoms with Crippen LogP contribution in [0, 0.1) is 29.4 Å². The van der Waals surface area contributed by atoms with Gasteiger partial charge in [0.15, 0.2) is 23.1 Å². The van der Waals surface area contributed by atoms with Gasteiger partial charge in [0.25, 0.3) is 0 Å². The Kier molecular flexibility index (Phi) is 5.18. The van der Waals surface area contributed by atoms with Crippen molar-refractivity contribution in [1.29, 1.82) is 0 Å². The summed E-state index contributed by atoms with van der Waals surface area (Å²) in [6.07, 6.45) is 6.74. The van der Waals surface area contributed by atoms with Crippen molar-refractivity contribution >= 4 is 22.8 Å². The van der Waals surface area contributed by atoms with Crippen molar-refractivity contribution in [3.8, 4) is 11.5 Å². The molecule has 0 aromatic carbocycles. The molecule has 7 rings (SSSR count). The number of fused-ring (bicyclic) bond motifs is 4. The summed E-state index contributed by atoms with van der Waals surface area (Å²) in [7, 11) is 0. The van der Waals surface area contributed by atoms with Crippen LogP contribution in [0.5, 0.6) is 0 Å². The monoisotopic (exact) mass is 468 g/mol. The van der Waals surface area contributed by atoms with Crippen molar-refractivity contribution in [2.45, 2.75) is 57.4 Å². The molecule has 0 amide bonds. The molecule has 0 spiro atoms. The largest absolute Gasteiger partial charge is 0.466 e. The number of hydrogen-bond acceptors (Lipinski definition) is 7. The molecular formula is C24H26F2N6O2. The smallest absolute Gasteiger partial charge is 0.311 e. The summed E-state index contributed by atoms with van der Waals surface area (Å²) >= 11 is 0. The molecule has 2 atom stereocenters. The number of carbonyl (C=O) groups is 1. The highest BCUT2D eigenvalue weighted by molar-refractivity contribution is 5.88. The molecule has 34 heavy (non-hydrogen) atoms. The average Bonchev–Trinajstić information content (AvgIpc) is 3.60. The first kappa shape index (κ1) is 21.4. The molecule has 10 heteroatoms. The molecule has 178 valence electrons. The first-order chi connectivity index (χ1) is 16.5. The highest BCUT2D eigenvalue weighted by Crippen LogP contribution is 2.48. The van der Waals surface area contributed by atoms with Crippen LogP contribution in [0.1, 0.15) is 57.1 Å². The number of hydrogen-bond donors (Lipinski definition) is 2. The molecule has 0 radical (unpaired) electrons. The molecule has 3 aromatic heterocycles. The number of nitrogens with one attached hydrogen (secondary N) is 2. The second kappa shape index (κ2) is 8.25. The number of H-pyrrole nitrogens is 1. The Morgan fingerprint density at radius 1 is 1.15 bits per heavy atom. The topological polar surface area (TPSA) is 106 Å². The molecule has 0 aliphatic heterocycles. The summed E-state index contributed by atoms with van der Waals surface area (Å²) in [5.41, 5.74) is 1.06. The van der Waals surface area contributed by atoms with Gasteiger partial charge in [-0.15, -0.1) is 0 Å². The van der Waals surface area contributed by atoms with E-state index in [9.17, 15) is 9.18 Å². The average molecular weight is 469 g/mol. The van der Waals surface area contributed by atoms with Crippen molar-refractivity contribution in [2.24, 2.45) is 17.8 Å². The third-order valence-electron chi connectivity index (χ3n) is 7.52. The van der Waals surface area contributed by atoms with E-state index in [0.29, 0.717) is 29.0 Å². The second-order valence-electron chi connectivity index (χ2n) is 9.62. The van der Waals surface area contributed by atoms with Gasteiger partial charge in [-0.05, 0) is 63.4 Å². The standard InChI is InChI=1S/C24H26F2N6O2/c1-2-34-24(33)16-11-3-5-12(6-4-11)18(16)28-22-17(26)19(13-7-8-13)29-23(30-22)20-15-9-14(25)10-27-21(15)32-31-20/h9-13,16,18H,2-8H2,1H3,(H,27,31,32)(H,28,29,30)/t11?,12?,16-,18-/m0/s1. The van der Waals surface area contributed by atoms with E-state index in [1.165, 1.54) is 6.07 Å². The fourth-order valence-electron chi connectivity index (χ4n) is 5.74. The van der Waals surface area contributed by atoms with Crippen LogP contribution in [-0.4, -0.2) is 43.8 Å². The lowest BCUT2D eigenvalue weighted by molar-refractivity contribution is -0.154. The zero-order valence-electron chi connectivity index (χ0n) is 18.9. The molecular weight excluding hydrogens is 442 g/mol. The minimum absolute atomic E-state index is 0.0232. The van der Waals surface area contributed by atoms with Crippen molar-refractivity contribution in [2.75, 3.05) is 11.9 Å². The predicted octanol–water partition coefficient (Wildman–Crippen LogP) is 4.35. The Labute approximate surface area is 194 Å². The predicted molar refractivity (Wildman–Crippen MR) is 120 cm³/mol. The number of ether oxygens (including phenoxy) is 1.